The maximum atomic E-state index is 13.4. The van der Waals surface area contributed by atoms with Gasteiger partial charge in [-0.15, -0.1) is 0 Å². The number of hydrogen-bond donors (Lipinski definition) is 3. The number of anilines is 4. The highest BCUT2D eigenvalue weighted by atomic mass is 32.2. The zero-order chi connectivity index (χ0) is 21.9. The molecule has 158 valence electrons. The van der Waals surface area contributed by atoms with E-state index in [-0.39, 0.29) is 17.4 Å². The number of alkyl halides is 3. The maximum absolute atomic E-state index is 13.4. The van der Waals surface area contributed by atoms with Crippen molar-refractivity contribution in [2.75, 3.05) is 22.6 Å². The molecule has 0 aliphatic carbocycles. The lowest BCUT2D eigenvalue weighted by Gasteiger charge is -2.15. The first-order chi connectivity index (χ1) is 14.0. The van der Waals surface area contributed by atoms with Crippen molar-refractivity contribution in [3.8, 4) is 0 Å². The number of rotatable bonds is 6. The SMILES string of the molecule is CS(=O)(=O)c1cccc(CNc2nc(Nc3cccc(N)c3)ncc2C(F)(F)F)c1. The van der Waals surface area contributed by atoms with E-state index in [4.69, 9.17) is 5.73 Å². The van der Waals surface area contributed by atoms with Crippen LogP contribution >= 0.6 is 0 Å². The van der Waals surface area contributed by atoms with Crippen LogP contribution in [-0.4, -0.2) is 24.6 Å². The second-order valence-electron chi connectivity index (χ2n) is 6.48. The van der Waals surface area contributed by atoms with Gasteiger partial charge in [-0.2, -0.15) is 18.2 Å². The Balaban J connectivity index is 1.88. The molecule has 1 aromatic heterocycles. The molecule has 0 fully saturated rings. The largest absolute Gasteiger partial charge is 0.421 e. The van der Waals surface area contributed by atoms with Crippen LogP contribution in [0.4, 0.5) is 36.3 Å². The van der Waals surface area contributed by atoms with Crippen molar-refractivity contribution in [3.63, 3.8) is 0 Å². The van der Waals surface area contributed by atoms with E-state index in [1.807, 2.05) is 0 Å². The second-order valence-corrected chi connectivity index (χ2v) is 8.49. The van der Waals surface area contributed by atoms with Crippen molar-refractivity contribution in [1.29, 1.82) is 0 Å². The number of nitrogens with one attached hydrogen (secondary N) is 2. The molecule has 2 aromatic carbocycles. The lowest BCUT2D eigenvalue weighted by Crippen LogP contribution is -2.14. The molecule has 3 aromatic rings. The summed E-state index contributed by atoms with van der Waals surface area (Å²) in [5.41, 5.74) is 6.12. The summed E-state index contributed by atoms with van der Waals surface area (Å²) in [4.78, 5) is 7.74. The van der Waals surface area contributed by atoms with Gasteiger partial charge < -0.3 is 16.4 Å². The third-order valence-electron chi connectivity index (χ3n) is 4.02. The van der Waals surface area contributed by atoms with E-state index < -0.39 is 27.4 Å². The molecule has 1 heterocycles. The lowest BCUT2D eigenvalue weighted by molar-refractivity contribution is -0.137. The van der Waals surface area contributed by atoms with Gasteiger partial charge in [-0.25, -0.2) is 13.4 Å². The van der Waals surface area contributed by atoms with E-state index in [0.29, 0.717) is 23.1 Å². The number of halogens is 3. The fourth-order valence-corrected chi connectivity index (χ4v) is 3.29. The third-order valence-corrected chi connectivity index (χ3v) is 5.13. The summed E-state index contributed by atoms with van der Waals surface area (Å²) >= 11 is 0. The van der Waals surface area contributed by atoms with Gasteiger partial charge in [-0.1, -0.05) is 18.2 Å². The summed E-state index contributed by atoms with van der Waals surface area (Å²) in [5.74, 6) is -0.491. The highest BCUT2D eigenvalue weighted by molar-refractivity contribution is 7.90. The molecular weight excluding hydrogens is 419 g/mol. The minimum absolute atomic E-state index is 0.0546. The smallest absolute Gasteiger partial charge is 0.399 e. The Kier molecular flexibility index (Phi) is 5.83. The summed E-state index contributed by atoms with van der Waals surface area (Å²) in [6, 6.07) is 12.5. The Bertz CT molecular complexity index is 1170. The van der Waals surface area contributed by atoms with Gasteiger partial charge >= 0.3 is 6.18 Å². The van der Waals surface area contributed by atoms with Crippen LogP contribution in [0.5, 0.6) is 0 Å². The van der Waals surface area contributed by atoms with Crippen molar-refractivity contribution < 1.29 is 21.6 Å². The lowest BCUT2D eigenvalue weighted by atomic mass is 10.2. The molecule has 0 bridgehead atoms. The van der Waals surface area contributed by atoms with E-state index in [1.54, 1.807) is 30.3 Å². The van der Waals surface area contributed by atoms with Crippen LogP contribution < -0.4 is 16.4 Å². The highest BCUT2D eigenvalue weighted by Gasteiger charge is 2.35. The van der Waals surface area contributed by atoms with Gasteiger partial charge in [0.25, 0.3) is 0 Å². The molecule has 0 aliphatic rings. The summed E-state index contributed by atoms with van der Waals surface area (Å²) in [5, 5.41) is 5.42. The van der Waals surface area contributed by atoms with E-state index in [1.165, 1.54) is 18.2 Å². The van der Waals surface area contributed by atoms with Gasteiger partial charge in [0.2, 0.25) is 5.95 Å². The summed E-state index contributed by atoms with van der Waals surface area (Å²) < 4.78 is 63.5. The number of nitrogen functional groups attached to an aromatic ring is 1. The van der Waals surface area contributed by atoms with E-state index >= 15 is 0 Å². The Morgan fingerprint density at radius 1 is 1.10 bits per heavy atom. The van der Waals surface area contributed by atoms with Crippen LogP contribution in [0, 0.1) is 0 Å². The molecule has 0 radical (unpaired) electrons. The number of aromatic nitrogens is 2. The van der Waals surface area contributed by atoms with Gasteiger partial charge in [0.1, 0.15) is 11.4 Å². The molecule has 7 nitrogen and oxygen atoms in total. The monoisotopic (exact) mass is 437 g/mol. The fourth-order valence-electron chi connectivity index (χ4n) is 2.60. The predicted molar refractivity (Wildman–Crippen MR) is 108 cm³/mol. The van der Waals surface area contributed by atoms with E-state index in [9.17, 15) is 21.6 Å². The van der Waals surface area contributed by atoms with Crippen LogP contribution in [-0.2, 0) is 22.6 Å². The minimum atomic E-state index is -4.67. The van der Waals surface area contributed by atoms with Crippen molar-refractivity contribution in [2.24, 2.45) is 0 Å². The highest BCUT2D eigenvalue weighted by Crippen LogP contribution is 2.34. The third kappa shape index (κ3) is 5.38. The normalized spacial score (nSPS) is 11.9. The van der Waals surface area contributed by atoms with Crippen LogP contribution in [0.25, 0.3) is 0 Å². The van der Waals surface area contributed by atoms with Gasteiger partial charge in [0.15, 0.2) is 9.84 Å². The van der Waals surface area contributed by atoms with Crippen LogP contribution in [0.2, 0.25) is 0 Å². The van der Waals surface area contributed by atoms with Crippen LogP contribution in [0.1, 0.15) is 11.1 Å². The first-order valence-electron chi connectivity index (χ1n) is 8.62. The second kappa shape index (κ2) is 8.19. The number of nitrogens with two attached hydrogens (primary N) is 1. The molecule has 0 unspecified atom stereocenters. The quantitative estimate of drug-likeness (QED) is 0.503. The van der Waals surface area contributed by atoms with Gasteiger partial charge in [0.05, 0.1) is 4.90 Å². The Morgan fingerprint density at radius 3 is 2.50 bits per heavy atom. The average Bonchev–Trinajstić information content (AvgIpc) is 2.65. The number of benzene rings is 2. The molecule has 4 N–H and O–H groups in total. The van der Waals surface area contributed by atoms with E-state index in [0.717, 1.165) is 6.26 Å². The molecule has 0 aliphatic heterocycles. The number of nitrogens with zero attached hydrogens (tertiary/aromatic N) is 2. The Labute approximate surface area is 171 Å². The fraction of sp³-hybridized carbons (Fsp3) is 0.158. The van der Waals surface area contributed by atoms with E-state index in [2.05, 4.69) is 20.6 Å². The van der Waals surface area contributed by atoms with Crippen molar-refractivity contribution >= 4 is 33.0 Å². The molecule has 11 heteroatoms. The van der Waals surface area contributed by atoms with Crippen LogP contribution in [0.3, 0.4) is 0 Å². The predicted octanol–water partition coefficient (Wildman–Crippen LogP) is 3.84. The Morgan fingerprint density at radius 2 is 1.83 bits per heavy atom. The van der Waals surface area contributed by atoms with Gasteiger partial charge in [-0.05, 0) is 35.9 Å². The molecule has 0 saturated heterocycles. The van der Waals surface area contributed by atoms with Crippen molar-refractivity contribution in [3.05, 3.63) is 65.9 Å². The zero-order valence-electron chi connectivity index (χ0n) is 15.7. The summed E-state index contributed by atoms with van der Waals surface area (Å²) in [7, 11) is -3.44. The number of sulfone groups is 1. The summed E-state index contributed by atoms with van der Waals surface area (Å²) in [6.45, 7) is -0.0683. The maximum Gasteiger partial charge on any atom is 0.421 e. The molecule has 0 spiro atoms. The first-order valence-corrected chi connectivity index (χ1v) is 10.5. The molecular formula is C19H18F3N5O2S. The van der Waals surface area contributed by atoms with Gasteiger partial charge in [0, 0.05) is 30.4 Å². The standard InChI is InChI=1S/C19H18F3N5O2S/c1-30(28,29)15-7-2-4-12(8-15)10-24-17-16(19(20,21)22)11-25-18(27-17)26-14-6-3-5-13(23)9-14/h2-9,11H,10,23H2,1H3,(H2,24,25,26,27). The van der Waals surface area contributed by atoms with Crippen molar-refractivity contribution in [2.45, 2.75) is 17.6 Å². The van der Waals surface area contributed by atoms with Crippen LogP contribution in [0.15, 0.2) is 59.6 Å². The zero-order valence-corrected chi connectivity index (χ0v) is 16.6. The molecule has 0 amide bonds. The summed E-state index contributed by atoms with van der Waals surface area (Å²) in [6.07, 6.45) is -2.94. The molecule has 0 atom stereocenters. The van der Waals surface area contributed by atoms with Crippen molar-refractivity contribution in [1.82, 2.24) is 9.97 Å². The minimum Gasteiger partial charge on any atom is -0.399 e. The average molecular weight is 437 g/mol. The molecule has 0 saturated carbocycles. The Hall–Kier alpha value is -3.34. The number of hydrogen-bond acceptors (Lipinski definition) is 7. The topological polar surface area (TPSA) is 110 Å². The molecule has 3 rings (SSSR count). The molecule has 30 heavy (non-hydrogen) atoms. The van der Waals surface area contributed by atoms with Gasteiger partial charge in [-0.3, -0.25) is 0 Å². The first kappa shape index (κ1) is 21.4.